The minimum atomic E-state index is -0.359. The molecule has 8 heteroatoms. The molecule has 0 amide bonds. The molecule has 0 aromatic carbocycles. The van der Waals surface area contributed by atoms with Crippen molar-refractivity contribution in [1.29, 1.82) is 0 Å². The summed E-state index contributed by atoms with van der Waals surface area (Å²) in [7, 11) is 0. The van der Waals surface area contributed by atoms with E-state index < -0.39 is 0 Å². The maximum atomic E-state index is 13.3. The minimum Gasteiger partial charge on any atom is -0.462 e. The third kappa shape index (κ3) is 6.66. The number of hydrogen-bond donors (Lipinski definition) is 0. The first-order valence-corrected chi connectivity index (χ1v) is 27.9. The van der Waals surface area contributed by atoms with E-state index in [9.17, 15) is 9.59 Å². The van der Waals surface area contributed by atoms with Crippen molar-refractivity contribution in [2.75, 3.05) is 13.2 Å². The van der Waals surface area contributed by atoms with Crippen LogP contribution in [0, 0.1) is 92.7 Å². The Kier molecular flexibility index (Phi) is 10.9. The van der Waals surface area contributed by atoms with Gasteiger partial charge in [0.25, 0.3) is 0 Å². The number of hydrogen-bond acceptors (Lipinski definition) is 8. The van der Waals surface area contributed by atoms with Crippen LogP contribution in [0.3, 0.4) is 0 Å². The van der Waals surface area contributed by atoms with Crippen LogP contribution in [-0.4, -0.2) is 61.1 Å². The van der Waals surface area contributed by atoms with E-state index in [1.807, 2.05) is 0 Å². The van der Waals surface area contributed by atoms with Crippen molar-refractivity contribution in [3.05, 3.63) is 23.3 Å². The summed E-state index contributed by atoms with van der Waals surface area (Å²) in [4.78, 5) is 26.7. The van der Waals surface area contributed by atoms with Crippen molar-refractivity contribution in [3.8, 4) is 0 Å². The average Bonchev–Trinajstić information content (AvgIpc) is 3.95. The molecule has 4 saturated heterocycles. The first-order valence-electron chi connectivity index (χ1n) is 27.9. The SMILES string of the molecule is C[C@H]1CC[C@@]2(OC1)O[C@H]1C[C@H]3[C@@H]4CC=C5C[C@@H](OC(=O)CCC(=O)O[C@H]6CC[C@@]7(C)C(=CC[C@H]8[C@@H]9C[C@@H]%10O[C@]%11(CC[C@H](C)CO%11)[C@@H](C)[C@@H]%10[C@@]9(C)CC[C@@H]87)C6)CC[C@]5(C)[C@H]4CC[C@]3(C)[C@H]1[C@@H]2C. The highest BCUT2D eigenvalue weighted by Crippen LogP contribution is 2.73. The molecule has 0 aromatic rings. The van der Waals surface area contributed by atoms with Crippen LogP contribution in [0.5, 0.6) is 0 Å². The van der Waals surface area contributed by atoms with Crippen LogP contribution >= 0.6 is 0 Å². The molecule has 4 heterocycles. The summed E-state index contributed by atoms with van der Waals surface area (Å²) in [5.41, 5.74) is 3.99. The fourth-order valence-corrected chi connectivity index (χ4v) is 20.2. The molecular formula is C58H86O8. The van der Waals surface area contributed by atoms with Crippen molar-refractivity contribution >= 4 is 11.9 Å². The molecule has 0 unspecified atom stereocenters. The van der Waals surface area contributed by atoms with Crippen LogP contribution in [0.15, 0.2) is 23.3 Å². The van der Waals surface area contributed by atoms with Gasteiger partial charge >= 0.3 is 11.9 Å². The second-order valence-electron chi connectivity index (χ2n) is 26.8. The Morgan fingerprint density at radius 2 is 0.985 bits per heavy atom. The Morgan fingerprint density at radius 1 is 0.561 bits per heavy atom. The van der Waals surface area contributed by atoms with E-state index >= 15 is 0 Å². The fourth-order valence-electron chi connectivity index (χ4n) is 20.2. The standard InChI is InChI=1S/C58H86O8/c1-33-15-25-57(61-31-33)35(3)51-47(65-57)29-45-41-11-9-37-27-39(17-21-53(37,5)43(41)19-23-55(45,51)7)63-49(59)13-14-50(60)64-40-18-22-54(6)38(28-40)10-12-42-44(54)20-24-56(8)46(42)30-48-52(56)36(4)58(66-48)26-16-34(2)32-62-58/h9-10,33-36,39-48,51-52H,11-32H2,1-8H3/t33-,34-,35-,36-,39-,40-,41+,42+,43-,44-,45-,46-,47-,48-,51-,52-,53-,54-,55-,56-,57+,58+/m0/s1. The van der Waals surface area contributed by atoms with Crippen molar-refractivity contribution < 1.29 is 38.0 Å². The molecule has 0 aromatic heterocycles. The molecule has 8 aliphatic carbocycles. The van der Waals surface area contributed by atoms with E-state index in [-0.39, 0.29) is 59.4 Å². The number of fused-ring (bicyclic) bond motifs is 14. The summed E-state index contributed by atoms with van der Waals surface area (Å²) in [6.07, 6.45) is 25.6. The molecule has 8 nitrogen and oxygen atoms in total. The Hall–Kier alpha value is -1.74. The van der Waals surface area contributed by atoms with Gasteiger partial charge < -0.3 is 28.4 Å². The topological polar surface area (TPSA) is 89.5 Å². The zero-order chi connectivity index (χ0) is 45.8. The lowest BCUT2D eigenvalue weighted by molar-refractivity contribution is -0.272. The van der Waals surface area contributed by atoms with E-state index in [1.165, 1.54) is 62.5 Å². The third-order valence-corrected chi connectivity index (χ3v) is 23.8. The van der Waals surface area contributed by atoms with Gasteiger partial charge in [0, 0.05) is 37.5 Å². The van der Waals surface area contributed by atoms with Crippen molar-refractivity contribution in [3.63, 3.8) is 0 Å². The summed E-state index contributed by atoms with van der Waals surface area (Å²) < 4.78 is 39.5. The van der Waals surface area contributed by atoms with E-state index in [0.717, 1.165) is 77.4 Å². The summed E-state index contributed by atoms with van der Waals surface area (Å²) in [6.45, 7) is 21.5. The van der Waals surface area contributed by atoms with Crippen LogP contribution < -0.4 is 0 Å². The second-order valence-corrected chi connectivity index (χ2v) is 26.8. The van der Waals surface area contributed by atoms with Gasteiger partial charge in [0.2, 0.25) is 0 Å². The largest absolute Gasteiger partial charge is 0.462 e. The number of carbonyl (C=O) groups excluding carboxylic acids is 2. The molecule has 0 bridgehead atoms. The zero-order valence-corrected chi connectivity index (χ0v) is 42.2. The molecule has 0 radical (unpaired) electrons. The van der Waals surface area contributed by atoms with Gasteiger partial charge in [-0.3, -0.25) is 9.59 Å². The summed E-state index contributed by atoms with van der Waals surface area (Å²) in [5, 5.41) is 0. The average molecular weight is 911 g/mol. The highest BCUT2D eigenvalue weighted by molar-refractivity contribution is 5.78. The van der Waals surface area contributed by atoms with Gasteiger partial charge in [-0.25, -0.2) is 0 Å². The maximum Gasteiger partial charge on any atom is 0.306 e. The molecule has 366 valence electrons. The zero-order valence-electron chi connectivity index (χ0n) is 42.2. The van der Waals surface area contributed by atoms with Gasteiger partial charge in [0.15, 0.2) is 11.6 Å². The Morgan fingerprint density at radius 3 is 1.38 bits per heavy atom. The number of carbonyl (C=O) groups is 2. The molecule has 6 saturated carbocycles. The monoisotopic (exact) mass is 911 g/mol. The minimum absolute atomic E-state index is 0.0958. The first kappa shape index (κ1) is 45.4. The second kappa shape index (κ2) is 15.9. The lowest BCUT2D eigenvalue weighted by Crippen LogP contribution is -2.52. The molecule has 12 aliphatic rings. The number of allylic oxidation sites excluding steroid dienone is 2. The van der Waals surface area contributed by atoms with Gasteiger partial charge in [-0.1, -0.05) is 78.7 Å². The van der Waals surface area contributed by atoms with Gasteiger partial charge in [-0.2, -0.15) is 0 Å². The van der Waals surface area contributed by atoms with Gasteiger partial charge in [-0.05, 0) is 171 Å². The smallest absolute Gasteiger partial charge is 0.306 e. The van der Waals surface area contributed by atoms with Crippen LogP contribution in [0.1, 0.15) is 184 Å². The van der Waals surface area contributed by atoms with E-state index in [4.69, 9.17) is 28.4 Å². The first-order chi connectivity index (χ1) is 31.5. The maximum absolute atomic E-state index is 13.3. The Labute approximate surface area is 397 Å². The van der Waals surface area contributed by atoms with E-state index in [2.05, 4.69) is 67.5 Å². The van der Waals surface area contributed by atoms with Crippen molar-refractivity contribution in [2.24, 2.45) is 92.7 Å². The summed E-state index contributed by atoms with van der Waals surface area (Å²) in [5.74, 6) is 6.23. The van der Waals surface area contributed by atoms with Crippen LogP contribution in [0.2, 0.25) is 0 Å². The van der Waals surface area contributed by atoms with Crippen LogP contribution in [-0.2, 0) is 38.0 Å². The highest BCUT2D eigenvalue weighted by atomic mass is 16.7. The van der Waals surface area contributed by atoms with Gasteiger partial charge in [0.05, 0.1) is 38.3 Å². The Balaban J connectivity index is 0.619. The third-order valence-electron chi connectivity index (χ3n) is 23.8. The summed E-state index contributed by atoms with van der Waals surface area (Å²) in [6, 6.07) is 0. The number of esters is 2. The molecule has 4 aliphatic heterocycles. The lowest BCUT2D eigenvalue weighted by atomic mass is 9.47. The van der Waals surface area contributed by atoms with Crippen LogP contribution in [0.25, 0.3) is 0 Å². The van der Waals surface area contributed by atoms with Gasteiger partial charge in [0.1, 0.15) is 12.2 Å². The van der Waals surface area contributed by atoms with Crippen molar-refractivity contribution in [2.45, 2.75) is 220 Å². The van der Waals surface area contributed by atoms with E-state index in [1.54, 1.807) is 0 Å². The molecule has 66 heavy (non-hydrogen) atoms. The van der Waals surface area contributed by atoms with Crippen LogP contribution in [0.4, 0.5) is 0 Å². The molecule has 2 spiro atoms. The predicted molar refractivity (Wildman–Crippen MR) is 252 cm³/mol. The number of rotatable bonds is 5. The highest BCUT2D eigenvalue weighted by Gasteiger charge is 2.70. The quantitative estimate of drug-likeness (QED) is 0.199. The van der Waals surface area contributed by atoms with Gasteiger partial charge in [-0.15, -0.1) is 0 Å². The molecule has 10 fully saturated rings. The molecule has 22 atom stereocenters. The van der Waals surface area contributed by atoms with Crippen molar-refractivity contribution in [1.82, 2.24) is 0 Å². The molecule has 12 rings (SSSR count). The fraction of sp³-hybridized carbons (Fsp3) is 0.897. The van der Waals surface area contributed by atoms with E-state index in [0.29, 0.717) is 94.1 Å². The summed E-state index contributed by atoms with van der Waals surface area (Å²) >= 11 is 0. The number of ether oxygens (including phenoxy) is 6. The molecule has 0 N–H and O–H groups in total. The molecular weight excluding hydrogens is 825 g/mol. The lowest BCUT2D eigenvalue weighted by Gasteiger charge is -2.58. The Bertz CT molecular complexity index is 1850. The predicted octanol–water partition coefficient (Wildman–Crippen LogP) is 12.3. The normalized spacial score (nSPS) is 55.5.